The summed E-state index contributed by atoms with van der Waals surface area (Å²) in [6.45, 7) is 6.65. The maximum Gasteiger partial charge on any atom is 0.159 e. The van der Waals surface area contributed by atoms with Crippen LogP contribution in [0, 0.1) is 5.92 Å². The molecule has 0 fully saturated rings. The van der Waals surface area contributed by atoms with Gasteiger partial charge in [0.25, 0.3) is 0 Å². The summed E-state index contributed by atoms with van der Waals surface area (Å²) < 4.78 is 0.767. The van der Waals surface area contributed by atoms with Crippen LogP contribution in [0.2, 0.25) is 0 Å². The van der Waals surface area contributed by atoms with E-state index in [2.05, 4.69) is 57.4 Å². The Morgan fingerprint density at radius 1 is 1.22 bits per heavy atom. The van der Waals surface area contributed by atoms with E-state index in [0.717, 1.165) is 22.6 Å². The Balaban J connectivity index is 2.51. The van der Waals surface area contributed by atoms with Gasteiger partial charge in [0.15, 0.2) is 5.82 Å². The van der Waals surface area contributed by atoms with Crippen molar-refractivity contribution in [2.45, 2.75) is 46.1 Å². The lowest BCUT2D eigenvalue weighted by molar-refractivity contribution is 0.520. The SMILES string of the molecule is CC(C)CCCC(C)Nc1ncnc(NN)c1Br. The number of halogens is 1. The van der Waals surface area contributed by atoms with Crippen molar-refractivity contribution in [1.29, 1.82) is 0 Å². The molecule has 6 heteroatoms. The van der Waals surface area contributed by atoms with E-state index in [1.54, 1.807) is 0 Å². The zero-order valence-corrected chi connectivity index (χ0v) is 12.8. The van der Waals surface area contributed by atoms with Crippen molar-refractivity contribution in [1.82, 2.24) is 9.97 Å². The summed E-state index contributed by atoms with van der Waals surface area (Å²) in [5.74, 6) is 7.48. The predicted octanol–water partition coefficient (Wildman–Crippen LogP) is 3.15. The first kappa shape index (κ1) is 15.2. The monoisotopic (exact) mass is 315 g/mol. The molecule has 0 amide bonds. The van der Waals surface area contributed by atoms with Crippen molar-refractivity contribution < 1.29 is 0 Å². The van der Waals surface area contributed by atoms with Crippen molar-refractivity contribution in [2.75, 3.05) is 10.7 Å². The Hall–Kier alpha value is -0.880. The standard InChI is InChI=1S/C12H22BrN5/c1-8(2)5-4-6-9(3)17-11-10(13)12(18-14)16-7-15-11/h7-9H,4-6,14H2,1-3H3,(H2,15,16,17,18). The van der Waals surface area contributed by atoms with Gasteiger partial charge in [-0.25, -0.2) is 15.8 Å². The highest BCUT2D eigenvalue weighted by Crippen LogP contribution is 2.26. The summed E-state index contributed by atoms with van der Waals surface area (Å²) >= 11 is 3.43. The van der Waals surface area contributed by atoms with E-state index in [-0.39, 0.29) is 0 Å². The van der Waals surface area contributed by atoms with Crippen LogP contribution < -0.4 is 16.6 Å². The highest BCUT2D eigenvalue weighted by atomic mass is 79.9. The lowest BCUT2D eigenvalue weighted by Crippen LogP contribution is -2.18. The largest absolute Gasteiger partial charge is 0.367 e. The van der Waals surface area contributed by atoms with Gasteiger partial charge in [0.05, 0.1) is 0 Å². The van der Waals surface area contributed by atoms with Crippen molar-refractivity contribution in [3.05, 3.63) is 10.8 Å². The van der Waals surface area contributed by atoms with Crippen molar-refractivity contribution in [2.24, 2.45) is 11.8 Å². The Bertz CT molecular complexity index is 369. The minimum Gasteiger partial charge on any atom is -0.367 e. The van der Waals surface area contributed by atoms with Gasteiger partial charge in [0, 0.05) is 6.04 Å². The molecule has 1 aromatic heterocycles. The summed E-state index contributed by atoms with van der Waals surface area (Å²) in [6.07, 6.45) is 5.09. The van der Waals surface area contributed by atoms with E-state index in [1.807, 2.05) is 0 Å². The van der Waals surface area contributed by atoms with Gasteiger partial charge < -0.3 is 10.7 Å². The highest BCUT2D eigenvalue weighted by Gasteiger charge is 2.10. The normalized spacial score (nSPS) is 12.6. The molecule has 1 atom stereocenters. The van der Waals surface area contributed by atoms with Crippen LogP contribution >= 0.6 is 15.9 Å². The fourth-order valence-electron chi connectivity index (χ4n) is 1.71. The molecule has 0 aliphatic rings. The van der Waals surface area contributed by atoms with Crippen LogP contribution in [0.3, 0.4) is 0 Å². The van der Waals surface area contributed by atoms with Crippen LogP contribution in [-0.4, -0.2) is 16.0 Å². The number of hydrogen-bond acceptors (Lipinski definition) is 5. The molecule has 0 radical (unpaired) electrons. The predicted molar refractivity (Wildman–Crippen MR) is 79.3 cm³/mol. The van der Waals surface area contributed by atoms with Crippen molar-refractivity contribution in [3.63, 3.8) is 0 Å². The molecule has 1 rings (SSSR count). The lowest BCUT2D eigenvalue weighted by Gasteiger charge is -2.16. The van der Waals surface area contributed by atoms with Gasteiger partial charge >= 0.3 is 0 Å². The molecule has 1 aromatic rings. The minimum atomic E-state index is 0.376. The third-order valence-electron chi connectivity index (χ3n) is 2.73. The van der Waals surface area contributed by atoms with Gasteiger partial charge in [-0.3, -0.25) is 0 Å². The lowest BCUT2D eigenvalue weighted by atomic mass is 10.0. The summed E-state index contributed by atoms with van der Waals surface area (Å²) in [7, 11) is 0. The first-order chi connectivity index (χ1) is 8.54. The zero-order chi connectivity index (χ0) is 13.5. The van der Waals surface area contributed by atoms with Crippen molar-refractivity contribution in [3.8, 4) is 0 Å². The zero-order valence-electron chi connectivity index (χ0n) is 11.2. The van der Waals surface area contributed by atoms with E-state index in [0.29, 0.717) is 11.9 Å². The molecule has 18 heavy (non-hydrogen) atoms. The Labute approximate surface area is 117 Å². The van der Waals surface area contributed by atoms with Gasteiger partial charge in [0.1, 0.15) is 16.6 Å². The highest BCUT2D eigenvalue weighted by molar-refractivity contribution is 9.10. The molecule has 0 saturated carbocycles. The molecular formula is C12H22BrN5. The summed E-state index contributed by atoms with van der Waals surface area (Å²) in [4.78, 5) is 8.22. The average Bonchev–Trinajstić information content (AvgIpc) is 2.31. The fourth-order valence-corrected chi connectivity index (χ4v) is 2.14. The molecule has 5 nitrogen and oxygen atoms in total. The molecule has 0 bridgehead atoms. The molecule has 0 saturated heterocycles. The summed E-state index contributed by atoms with van der Waals surface area (Å²) in [6, 6.07) is 0.376. The molecule has 1 heterocycles. The Morgan fingerprint density at radius 2 is 1.89 bits per heavy atom. The minimum absolute atomic E-state index is 0.376. The van der Waals surface area contributed by atoms with Gasteiger partial charge in [0.2, 0.25) is 0 Å². The number of rotatable bonds is 7. The van der Waals surface area contributed by atoms with Crippen LogP contribution in [-0.2, 0) is 0 Å². The van der Waals surface area contributed by atoms with E-state index >= 15 is 0 Å². The average molecular weight is 316 g/mol. The summed E-state index contributed by atoms with van der Waals surface area (Å²) in [5, 5.41) is 3.37. The second-order valence-corrected chi connectivity index (χ2v) is 5.69. The number of anilines is 2. The van der Waals surface area contributed by atoms with Gasteiger partial charge in [-0.05, 0) is 35.2 Å². The van der Waals surface area contributed by atoms with Gasteiger partial charge in [-0.2, -0.15) is 0 Å². The first-order valence-corrected chi connectivity index (χ1v) is 7.07. The molecule has 0 aliphatic carbocycles. The number of aromatic nitrogens is 2. The van der Waals surface area contributed by atoms with E-state index in [9.17, 15) is 0 Å². The number of nitrogens with one attached hydrogen (secondary N) is 2. The molecule has 0 aliphatic heterocycles. The molecular weight excluding hydrogens is 294 g/mol. The quantitative estimate of drug-likeness (QED) is 0.532. The van der Waals surface area contributed by atoms with Crippen LogP contribution in [0.15, 0.2) is 10.8 Å². The van der Waals surface area contributed by atoms with E-state index in [4.69, 9.17) is 5.84 Å². The molecule has 0 aromatic carbocycles. The topological polar surface area (TPSA) is 75.9 Å². The molecule has 4 N–H and O–H groups in total. The second kappa shape index (κ2) is 7.53. The van der Waals surface area contributed by atoms with Crippen LogP contribution in [0.1, 0.15) is 40.0 Å². The molecule has 102 valence electrons. The number of nitrogen functional groups attached to an aromatic ring is 1. The smallest absolute Gasteiger partial charge is 0.159 e. The van der Waals surface area contributed by atoms with Gasteiger partial charge in [-0.1, -0.05) is 26.7 Å². The van der Waals surface area contributed by atoms with E-state index < -0.39 is 0 Å². The molecule has 0 spiro atoms. The number of hydrazine groups is 1. The number of nitrogens with two attached hydrogens (primary N) is 1. The van der Waals surface area contributed by atoms with E-state index in [1.165, 1.54) is 19.2 Å². The second-order valence-electron chi connectivity index (χ2n) is 4.90. The maximum absolute atomic E-state index is 5.37. The number of nitrogens with zero attached hydrogens (tertiary/aromatic N) is 2. The number of hydrogen-bond donors (Lipinski definition) is 3. The Kier molecular flexibility index (Phi) is 6.35. The fraction of sp³-hybridized carbons (Fsp3) is 0.667. The summed E-state index contributed by atoms with van der Waals surface area (Å²) in [5.41, 5.74) is 2.53. The van der Waals surface area contributed by atoms with Crippen LogP contribution in [0.5, 0.6) is 0 Å². The van der Waals surface area contributed by atoms with Crippen LogP contribution in [0.4, 0.5) is 11.6 Å². The van der Waals surface area contributed by atoms with Crippen molar-refractivity contribution >= 4 is 27.6 Å². The first-order valence-electron chi connectivity index (χ1n) is 6.28. The third-order valence-corrected chi connectivity index (χ3v) is 3.48. The Morgan fingerprint density at radius 3 is 2.50 bits per heavy atom. The third kappa shape index (κ3) is 4.78. The maximum atomic E-state index is 5.37. The van der Waals surface area contributed by atoms with Crippen LogP contribution in [0.25, 0.3) is 0 Å². The van der Waals surface area contributed by atoms with Gasteiger partial charge in [-0.15, -0.1) is 0 Å². The molecule has 1 unspecified atom stereocenters.